The second kappa shape index (κ2) is 5.15. The first-order valence-corrected chi connectivity index (χ1v) is 12.0. The molecule has 0 aromatic rings. The van der Waals surface area contributed by atoms with Crippen LogP contribution in [0.5, 0.6) is 0 Å². The zero-order valence-corrected chi connectivity index (χ0v) is 15.1. The molecule has 5 heteroatoms. The van der Waals surface area contributed by atoms with E-state index in [0.29, 0.717) is 30.5 Å². The molecule has 5 rings (SSSR count). The van der Waals surface area contributed by atoms with E-state index in [9.17, 15) is 0 Å². The van der Waals surface area contributed by atoms with Gasteiger partial charge in [0.2, 0.25) is 0 Å². The Hall–Kier alpha value is -0.203. The number of rotatable bonds is 5. The van der Waals surface area contributed by atoms with Crippen molar-refractivity contribution in [3.8, 4) is 0 Å². The topological polar surface area (TPSA) is 36.9 Å². The number of fused-ring (bicyclic) bond motifs is 1. The van der Waals surface area contributed by atoms with E-state index in [-0.39, 0.29) is 18.0 Å². The van der Waals surface area contributed by atoms with Gasteiger partial charge in [0.25, 0.3) is 0 Å². The fourth-order valence-corrected chi connectivity index (χ4v) is 6.82. The summed E-state index contributed by atoms with van der Waals surface area (Å²) in [5.74, 6) is 2.03. The molecule has 0 spiro atoms. The summed E-state index contributed by atoms with van der Waals surface area (Å²) < 4.78 is 24.3. The number of hydrogen-bond acceptors (Lipinski definition) is 4. The zero-order valence-electron chi connectivity index (χ0n) is 14.1. The minimum atomic E-state index is -1.63. The zero-order chi connectivity index (χ0) is 15.5. The molecule has 1 saturated heterocycles. The quantitative estimate of drug-likeness (QED) is 0.442. The average Bonchev–Trinajstić information content (AvgIpc) is 2.72. The molecule has 22 heavy (non-hydrogen) atoms. The van der Waals surface area contributed by atoms with E-state index in [0.717, 1.165) is 6.42 Å². The van der Waals surface area contributed by atoms with Crippen molar-refractivity contribution < 1.29 is 18.6 Å². The molecule has 0 aromatic carbocycles. The van der Waals surface area contributed by atoms with Gasteiger partial charge < -0.3 is 18.6 Å². The highest BCUT2D eigenvalue weighted by Gasteiger charge is 2.68. The predicted octanol–water partition coefficient (Wildman–Crippen LogP) is 3.15. The maximum atomic E-state index is 6.63. The van der Waals surface area contributed by atoms with Crippen molar-refractivity contribution in [3.05, 3.63) is 12.2 Å². The smallest absolute Gasteiger partial charge is 0.187 e. The van der Waals surface area contributed by atoms with Crippen LogP contribution in [0.2, 0.25) is 19.6 Å². The Kier molecular flexibility index (Phi) is 3.59. The van der Waals surface area contributed by atoms with Crippen LogP contribution in [0, 0.1) is 23.7 Å². The van der Waals surface area contributed by atoms with Crippen LogP contribution < -0.4 is 0 Å². The third-order valence-electron chi connectivity index (χ3n) is 5.86. The lowest BCUT2D eigenvalue weighted by Gasteiger charge is -2.55. The van der Waals surface area contributed by atoms with Crippen LogP contribution in [-0.2, 0) is 18.6 Å². The molecule has 4 aliphatic carbocycles. The summed E-state index contributed by atoms with van der Waals surface area (Å²) in [6.45, 7) is 7.19. The van der Waals surface area contributed by atoms with Crippen LogP contribution in [0.1, 0.15) is 19.3 Å². The van der Waals surface area contributed by atoms with Crippen molar-refractivity contribution in [2.45, 2.75) is 56.9 Å². The second-order valence-electron chi connectivity index (χ2n) is 8.33. The Morgan fingerprint density at radius 2 is 2.00 bits per heavy atom. The first kappa shape index (κ1) is 15.3. The average molecular weight is 324 g/mol. The molecule has 4 nitrogen and oxygen atoms in total. The van der Waals surface area contributed by atoms with Crippen LogP contribution >= 0.6 is 0 Å². The van der Waals surface area contributed by atoms with E-state index in [4.69, 9.17) is 18.6 Å². The lowest BCUT2D eigenvalue weighted by molar-refractivity contribution is -0.229. The van der Waals surface area contributed by atoms with E-state index in [1.54, 1.807) is 7.11 Å². The Balaban J connectivity index is 1.63. The maximum absolute atomic E-state index is 6.63. The highest BCUT2D eigenvalue weighted by atomic mass is 28.4. The number of methoxy groups -OCH3 is 1. The molecule has 5 aliphatic rings. The Morgan fingerprint density at radius 1 is 1.18 bits per heavy atom. The van der Waals surface area contributed by atoms with Crippen LogP contribution in [-0.4, -0.2) is 40.2 Å². The lowest BCUT2D eigenvalue weighted by atomic mass is 9.54. The molecule has 3 saturated carbocycles. The van der Waals surface area contributed by atoms with Gasteiger partial charge in [0.15, 0.2) is 14.1 Å². The molecule has 4 bridgehead atoms. The Morgan fingerprint density at radius 3 is 2.73 bits per heavy atom. The van der Waals surface area contributed by atoms with Crippen molar-refractivity contribution in [2.75, 3.05) is 13.9 Å². The van der Waals surface area contributed by atoms with Crippen molar-refractivity contribution in [1.29, 1.82) is 0 Å². The summed E-state index contributed by atoms with van der Waals surface area (Å²) >= 11 is 0. The Bertz CT molecular complexity index is 474. The van der Waals surface area contributed by atoms with Gasteiger partial charge in [0.1, 0.15) is 6.79 Å². The SMILES string of the molecule is COCO[C@H]1C=C[C@H]2O[C@@]3(O[Si](C)(C)C)C[C@@H]4CC[C@H]3[C@H]2[C@@H]41. The van der Waals surface area contributed by atoms with Gasteiger partial charge in [-0.25, -0.2) is 0 Å². The fourth-order valence-electron chi connectivity index (χ4n) is 5.50. The molecule has 0 unspecified atom stereocenters. The van der Waals surface area contributed by atoms with E-state index in [2.05, 4.69) is 31.8 Å². The third-order valence-corrected chi connectivity index (χ3v) is 6.81. The highest BCUT2D eigenvalue weighted by molar-refractivity contribution is 6.69. The summed E-state index contributed by atoms with van der Waals surface area (Å²) in [6.07, 6.45) is 8.42. The first-order valence-electron chi connectivity index (χ1n) is 8.60. The van der Waals surface area contributed by atoms with Gasteiger partial charge >= 0.3 is 0 Å². The highest BCUT2D eigenvalue weighted by Crippen LogP contribution is 2.64. The molecular weight excluding hydrogens is 296 g/mol. The predicted molar refractivity (Wildman–Crippen MR) is 85.7 cm³/mol. The molecule has 7 atom stereocenters. The van der Waals surface area contributed by atoms with Gasteiger partial charge in [0, 0.05) is 25.4 Å². The summed E-state index contributed by atoms with van der Waals surface area (Å²) in [7, 11) is 0.0573. The Labute approximate surface area is 134 Å². The fraction of sp³-hybridized carbons (Fsp3) is 0.882. The van der Waals surface area contributed by atoms with E-state index < -0.39 is 8.32 Å². The van der Waals surface area contributed by atoms with Gasteiger partial charge in [-0.2, -0.15) is 0 Å². The summed E-state index contributed by atoms with van der Waals surface area (Å²) in [4.78, 5) is 0. The minimum Gasteiger partial charge on any atom is -0.391 e. The normalized spacial score (nSPS) is 48.9. The molecular formula is C17H28O4Si. The van der Waals surface area contributed by atoms with Gasteiger partial charge in [0.05, 0.1) is 12.2 Å². The van der Waals surface area contributed by atoms with Crippen molar-refractivity contribution >= 4 is 8.32 Å². The molecule has 0 amide bonds. The number of hydrogen-bond donors (Lipinski definition) is 0. The van der Waals surface area contributed by atoms with Crippen molar-refractivity contribution in [3.63, 3.8) is 0 Å². The molecule has 0 radical (unpaired) electrons. The number of ether oxygens (including phenoxy) is 3. The van der Waals surface area contributed by atoms with E-state index >= 15 is 0 Å². The molecule has 1 heterocycles. The van der Waals surface area contributed by atoms with E-state index in [1.807, 2.05) is 0 Å². The van der Waals surface area contributed by atoms with Crippen LogP contribution in [0.15, 0.2) is 12.2 Å². The first-order chi connectivity index (χ1) is 10.4. The molecule has 0 aromatic heterocycles. The van der Waals surface area contributed by atoms with Crippen LogP contribution in [0.4, 0.5) is 0 Å². The third kappa shape index (κ3) is 2.25. The van der Waals surface area contributed by atoms with Gasteiger partial charge in [-0.3, -0.25) is 0 Å². The van der Waals surface area contributed by atoms with Crippen molar-refractivity contribution in [1.82, 2.24) is 0 Å². The largest absolute Gasteiger partial charge is 0.391 e. The van der Waals surface area contributed by atoms with Gasteiger partial charge in [-0.1, -0.05) is 12.2 Å². The summed E-state index contributed by atoms with van der Waals surface area (Å²) in [6, 6.07) is 0. The van der Waals surface area contributed by atoms with E-state index in [1.165, 1.54) is 12.8 Å². The molecule has 124 valence electrons. The maximum Gasteiger partial charge on any atom is 0.187 e. The molecule has 0 N–H and O–H groups in total. The van der Waals surface area contributed by atoms with Crippen LogP contribution in [0.25, 0.3) is 0 Å². The molecule has 1 aliphatic heterocycles. The standard InChI is InChI=1S/C17H28O4Si/c1-18-10-19-13-7-8-14-16-12-6-5-11(15(13)16)9-17(12,20-14)21-22(2,3)4/h7-8,11-16H,5-6,9-10H2,1-4H3/t11-,12-,13-,14+,15-,16+,17+/m0/s1. The van der Waals surface area contributed by atoms with Crippen molar-refractivity contribution in [2.24, 2.45) is 23.7 Å². The van der Waals surface area contributed by atoms with Gasteiger partial charge in [-0.05, 0) is 44.3 Å². The minimum absolute atomic E-state index is 0.181. The van der Waals surface area contributed by atoms with Gasteiger partial charge in [-0.15, -0.1) is 0 Å². The second-order valence-corrected chi connectivity index (χ2v) is 12.8. The summed E-state index contributed by atoms with van der Waals surface area (Å²) in [5, 5.41) is 0. The monoisotopic (exact) mass is 324 g/mol. The molecule has 4 fully saturated rings. The lowest BCUT2D eigenvalue weighted by Crippen LogP contribution is -2.58. The van der Waals surface area contributed by atoms with Crippen LogP contribution in [0.3, 0.4) is 0 Å². The summed E-state index contributed by atoms with van der Waals surface area (Å²) in [5.41, 5.74) is 0.